The zero-order chi connectivity index (χ0) is 50.9. The van der Waals surface area contributed by atoms with E-state index in [9.17, 15) is 5.48 Å². The maximum atomic E-state index is 9.56. The Morgan fingerprint density at radius 2 is 1.25 bits per heavy atom. The van der Waals surface area contributed by atoms with E-state index in [2.05, 4.69) is 9.97 Å². The van der Waals surface area contributed by atoms with E-state index < -0.39 is 138 Å². The van der Waals surface area contributed by atoms with Crippen molar-refractivity contribution in [3.05, 3.63) is 157 Å². The fourth-order valence-electron chi connectivity index (χ4n) is 6.40. The van der Waals surface area contributed by atoms with E-state index in [0.717, 1.165) is 15.9 Å². The summed E-state index contributed by atoms with van der Waals surface area (Å²) in [6, 6.07) is -2.47. The Balaban J connectivity index is 1.27. The summed E-state index contributed by atoms with van der Waals surface area (Å²) >= 11 is 0.839. The summed E-state index contributed by atoms with van der Waals surface area (Å²) < 4.78 is 182. The van der Waals surface area contributed by atoms with Crippen LogP contribution in [0.2, 0.25) is 0 Å². The van der Waals surface area contributed by atoms with Crippen LogP contribution >= 0.6 is 11.3 Å². The predicted molar refractivity (Wildman–Crippen MR) is 211 cm³/mol. The molecule has 0 aliphatic heterocycles. The summed E-state index contributed by atoms with van der Waals surface area (Å²) in [5.41, 5.74) is -0.219. The lowest BCUT2D eigenvalue weighted by atomic mass is 9.99. The Hall–Kier alpha value is -6.63. The SMILES string of the molecule is [2H]c1c([2H])c([2H])c(-c2nc(-c3ccc4c(c3)oc3cccc(-c5c([2H])c([2H])c([2H])c([2H])c5[2H])c34)nc(-n3c4c([2H])c([2H])c([2H])c([2H])c4c4c5sc6c([2H])c([2H])c([2H])c([2H])c6c5c([2H])c([2H])c43)n2)c([2H])c1[2H]. The summed E-state index contributed by atoms with van der Waals surface area (Å²) in [6.45, 7) is 0. The van der Waals surface area contributed by atoms with Gasteiger partial charge in [0, 0.05) is 52.8 Å². The van der Waals surface area contributed by atoms with E-state index in [1.54, 1.807) is 24.3 Å². The highest BCUT2D eigenvalue weighted by molar-refractivity contribution is 7.26. The Morgan fingerprint density at radius 1 is 0.529 bits per heavy atom. The molecule has 0 aliphatic rings. The van der Waals surface area contributed by atoms with Crippen LogP contribution in [0, 0.1) is 0 Å². The summed E-state index contributed by atoms with van der Waals surface area (Å²) in [5, 5.41) is 0.483. The van der Waals surface area contributed by atoms with Gasteiger partial charge in [-0.25, -0.2) is 4.98 Å². The van der Waals surface area contributed by atoms with Crippen molar-refractivity contribution in [2.24, 2.45) is 0 Å². The third-order valence-corrected chi connectivity index (χ3v) is 9.66. The number of fused-ring (bicyclic) bond motifs is 10. The first-order valence-electron chi connectivity index (χ1n) is 25.3. The minimum atomic E-state index is -0.734. The van der Waals surface area contributed by atoms with Crippen LogP contribution in [0.25, 0.3) is 104 Å². The van der Waals surface area contributed by atoms with E-state index in [4.69, 9.17) is 31.3 Å². The molecule has 11 aromatic rings. The van der Waals surface area contributed by atoms with Gasteiger partial charge in [0.15, 0.2) is 11.6 Å². The number of rotatable bonds is 4. The van der Waals surface area contributed by atoms with Crippen molar-refractivity contribution >= 4 is 75.3 Å². The minimum Gasteiger partial charge on any atom is -0.456 e. The van der Waals surface area contributed by atoms with Crippen LogP contribution in [-0.2, 0) is 0 Å². The number of para-hydroxylation sites is 1. The van der Waals surface area contributed by atoms with Crippen LogP contribution < -0.4 is 0 Å². The van der Waals surface area contributed by atoms with Gasteiger partial charge < -0.3 is 4.42 Å². The van der Waals surface area contributed by atoms with E-state index in [0.29, 0.717) is 10.8 Å². The molecule has 7 aromatic carbocycles. The molecule has 0 atom stereocenters. The zero-order valence-corrected chi connectivity index (χ0v) is 26.4. The molecule has 11 rings (SSSR count). The van der Waals surface area contributed by atoms with E-state index in [1.165, 1.54) is 12.1 Å². The second-order valence-corrected chi connectivity index (χ2v) is 12.3. The van der Waals surface area contributed by atoms with Gasteiger partial charge in [-0.2, -0.15) is 9.97 Å². The first kappa shape index (κ1) is 15.1. The molecule has 0 spiro atoms. The average molecular weight is 691 g/mol. The number of thiophene rings is 1. The molecule has 0 unspecified atom stereocenters. The Labute approximate surface area is 323 Å². The molecular formula is C45H26N4OS. The fraction of sp³-hybridized carbons (Fsp3) is 0. The van der Waals surface area contributed by atoms with Crippen molar-refractivity contribution in [3.8, 4) is 39.9 Å². The number of benzene rings is 7. The third-order valence-electron chi connectivity index (χ3n) is 8.54. The Bertz CT molecular complexity index is 4260. The van der Waals surface area contributed by atoms with Gasteiger partial charge in [0.05, 0.1) is 38.4 Å². The van der Waals surface area contributed by atoms with Gasteiger partial charge in [-0.3, -0.25) is 4.57 Å². The fourth-order valence-corrected chi connectivity index (χ4v) is 7.52. The zero-order valence-electron chi connectivity index (χ0n) is 45.6. The van der Waals surface area contributed by atoms with Crippen LogP contribution in [0.15, 0.2) is 162 Å². The van der Waals surface area contributed by atoms with Crippen molar-refractivity contribution in [1.82, 2.24) is 19.5 Å². The molecule has 238 valence electrons. The minimum absolute atomic E-state index is 0.0282. The second kappa shape index (κ2) is 10.9. The molecule has 4 aromatic heterocycles. The molecular weight excluding hydrogens is 645 g/mol. The van der Waals surface area contributed by atoms with Crippen molar-refractivity contribution in [2.45, 2.75) is 0 Å². The molecule has 0 amide bonds. The van der Waals surface area contributed by atoms with Crippen LogP contribution in [0.3, 0.4) is 0 Å². The highest BCUT2D eigenvalue weighted by atomic mass is 32.1. The smallest absolute Gasteiger partial charge is 0.238 e. The standard InChI is InChI=1S/C45H26N4OS/c1-3-12-27(13-4-1)30-18-11-20-37-40(30)34-23-22-29(26-38(34)50-37)44-46-43(28-14-5-2-6-15-28)47-45(48-44)49-35-19-9-7-17-33(35)41-36(49)25-24-32-31-16-8-10-21-39(31)51-42(32)41/h1-26H/i1D,2D,3D,4D,5D,6D,7D,8D,9D,10D,12D,13D,14D,15D,16D,17D,19D,21D,24D,25D. The van der Waals surface area contributed by atoms with Gasteiger partial charge in [0.1, 0.15) is 11.2 Å². The molecule has 0 bridgehead atoms. The highest BCUT2D eigenvalue weighted by Crippen LogP contribution is 2.43. The number of nitrogens with zero attached hydrogens (tertiary/aromatic N) is 4. The van der Waals surface area contributed by atoms with E-state index in [-0.39, 0.29) is 75.7 Å². The Kier molecular flexibility index (Phi) is 3.24. The molecule has 0 saturated carbocycles. The summed E-state index contributed by atoms with van der Waals surface area (Å²) in [4.78, 5) is 14.0. The topological polar surface area (TPSA) is 56.7 Å². The molecule has 0 fully saturated rings. The molecule has 6 heteroatoms. The third kappa shape index (κ3) is 4.30. The summed E-state index contributed by atoms with van der Waals surface area (Å²) in [6.07, 6.45) is 0. The van der Waals surface area contributed by atoms with Crippen molar-refractivity contribution in [2.75, 3.05) is 0 Å². The molecule has 5 nitrogen and oxygen atoms in total. The lowest BCUT2D eigenvalue weighted by Gasteiger charge is -2.11. The summed E-state index contributed by atoms with van der Waals surface area (Å²) in [5.74, 6) is -1.24. The molecule has 51 heavy (non-hydrogen) atoms. The maximum Gasteiger partial charge on any atom is 0.238 e. The molecule has 0 N–H and O–H groups in total. The maximum absolute atomic E-state index is 9.56. The van der Waals surface area contributed by atoms with Crippen LogP contribution in [0.5, 0.6) is 0 Å². The largest absolute Gasteiger partial charge is 0.456 e. The molecule has 4 heterocycles. The number of hydrogen-bond acceptors (Lipinski definition) is 5. The van der Waals surface area contributed by atoms with Gasteiger partial charge in [0.2, 0.25) is 5.95 Å². The molecule has 0 radical (unpaired) electrons. The molecule has 0 aliphatic carbocycles. The van der Waals surface area contributed by atoms with Crippen LogP contribution in [0.4, 0.5) is 0 Å². The lowest BCUT2D eigenvalue weighted by Crippen LogP contribution is -2.06. The monoisotopic (exact) mass is 690 g/mol. The normalized spacial score (nSPS) is 17.4. The van der Waals surface area contributed by atoms with Crippen molar-refractivity contribution in [1.29, 1.82) is 0 Å². The van der Waals surface area contributed by atoms with Crippen molar-refractivity contribution in [3.63, 3.8) is 0 Å². The number of hydrogen-bond donors (Lipinski definition) is 0. The van der Waals surface area contributed by atoms with E-state index >= 15 is 0 Å². The lowest BCUT2D eigenvalue weighted by molar-refractivity contribution is 0.669. The van der Waals surface area contributed by atoms with Crippen LogP contribution in [0.1, 0.15) is 27.4 Å². The van der Waals surface area contributed by atoms with Gasteiger partial charge in [0.25, 0.3) is 0 Å². The van der Waals surface area contributed by atoms with Crippen LogP contribution in [-0.4, -0.2) is 19.5 Å². The van der Waals surface area contributed by atoms with Gasteiger partial charge in [-0.1, -0.05) is 121 Å². The average Bonchev–Trinajstić information content (AvgIpc) is 4.06. The van der Waals surface area contributed by atoms with Gasteiger partial charge >= 0.3 is 0 Å². The quantitative estimate of drug-likeness (QED) is 0.184. The first-order chi connectivity index (χ1) is 33.6. The Morgan fingerprint density at radius 3 is 2.10 bits per heavy atom. The predicted octanol–water partition coefficient (Wildman–Crippen LogP) is 12.2. The number of furan rings is 1. The highest BCUT2D eigenvalue weighted by Gasteiger charge is 2.21. The van der Waals surface area contributed by atoms with E-state index in [1.807, 2.05) is 0 Å². The second-order valence-electron chi connectivity index (χ2n) is 11.3. The van der Waals surface area contributed by atoms with Gasteiger partial charge in [-0.15, -0.1) is 11.3 Å². The van der Waals surface area contributed by atoms with Gasteiger partial charge in [-0.05, 0) is 47.5 Å². The number of aromatic nitrogens is 4. The van der Waals surface area contributed by atoms with Crippen molar-refractivity contribution < 1.29 is 31.8 Å². The molecule has 0 saturated heterocycles. The summed E-state index contributed by atoms with van der Waals surface area (Å²) in [7, 11) is 0. The first-order valence-corrected chi connectivity index (χ1v) is 16.1.